The monoisotopic (exact) mass is 328 g/mol. The molecule has 0 fully saturated rings. The summed E-state index contributed by atoms with van der Waals surface area (Å²) in [6, 6.07) is 5.95. The van der Waals surface area contributed by atoms with Crippen molar-refractivity contribution >= 4 is 16.7 Å². The average Bonchev–Trinajstić information content (AvgIpc) is 2.59. The Kier molecular flexibility index (Phi) is 7.52. The molecule has 1 aromatic rings. The Labute approximate surface area is 146 Å². The number of benzene rings is 1. The summed E-state index contributed by atoms with van der Waals surface area (Å²) >= 11 is 1.66. The number of terminal acetylenes is 1. The van der Waals surface area contributed by atoms with Crippen molar-refractivity contribution in [3.05, 3.63) is 46.9 Å². The van der Waals surface area contributed by atoms with E-state index >= 15 is 0 Å². The van der Waals surface area contributed by atoms with Gasteiger partial charge in [0.25, 0.3) is 0 Å². The fraction of sp³-hybridized carbons (Fsp3) is 0.429. The molecule has 0 saturated carbocycles. The molecule has 0 heterocycles. The highest BCUT2D eigenvalue weighted by Gasteiger charge is 2.20. The molecule has 0 amide bonds. The molecule has 0 aliphatic carbocycles. The van der Waals surface area contributed by atoms with Gasteiger partial charge in [0.2, 0.25) is 0 Å². The molecule has 1 rings (SSSR count). The van der Waals surface area contributed by atoms with Crippen LogP contribution in [0.4, 0.5) is 0 Å². The van der Waals surface area contributed by atoms with Crippen LogP contribution in [0.1, 0.15) is 58.6 Å². The van der Waals surface area contributed by atoms with Gasteiger partial charge in [-0.2, -0.15) is 0 Å². The van der Waals surface area contributed by atoms with Gasteiger partial charge in [-0.15, -0.1) is 6.42 Å². The summed E-state index contributed by atoms with van der Waals surface area (Å²) in [5.74, 6) is 3.53. The highest BCUT2D eigenvalue weighted by Crippen LogP contribution is 2.34. The SMILES string of the molecule is C#Cc1cc(OCC(C)(CC)CC)cc(C(=C)S/C(C)=C\C)c1. The maximum absolute atomic E-state index is 6.06. The van der Waals surface area contributed by atoms with E-state index in [9.17, 15) is 0 Å². The Hall–Kier alpha value is -1.59. The zero-order chi connectivity index (χ0) is 17.5. The van der Waals surface area contributed by atoms with E-state index in [-0.39, 0.29) is 5.41 Å². The second-order valence-electron chi connectivity index (χ2n) is 6.12. The van der Waals surface area contributed by atoms with Crippen LogP contribution in [0, 0.1) is 17.8 Å². The minimum absolute atomic E-state index is 0.194. The largest absolute Gasteiger partial charge is 0.493 e. The lowest BCUT2D eigenvalue weighted by Crippen LogP contribution is -2.23. The Morgan fingerprint density at radius 2 is 2.00 bits per heavy atom. The molecule has 23 heavy (non-hydrogen) atoms. The zero-order valence-electron chi connectivity index (χ0n) is 15.0. The van der Waals surface area contributed by atoms with Gasteiger partial charge in [-0.05, 0) is 55.4 Å². The molecule has 0 spiro atoms. The van der Waals surface area contributed by atoms with Crippen molar-refractivity contribution in [1.82, 2.24) is 0 Å². The number of allylic oxidation sites excluding steroid dienone is 2. The van der Waals surface area contributed by atoms with Gasteiger partial charge in [-0.3, -0.25) is 0 Å². The summed E-state index contributed by atoms with van der Waals surface area (Å²) in [6.07, 6.45) is 9.85. The molecular weight excluding hydrogens is 300 g/mol. The fourth-order valence-corrected chi connectivity index (χ4v) is 2.69. The van der Waals surface area contributed by atoms with Crippen molar-refractivity contribution in [2.24, 2.45) is 5.41 Å². The van der Waals surface area contributed by atoms with Crippen LogP contribution in [0.5, 0.6) is 5.75 Å². The number of rotatable bonds is 8. The minimum Gasteiger partial charge on any atom is -0.493 e. The number of hydrogen-bond donors (Lipinski definition) is 0. The van der Waals surface area contributed by atoms with E-state index in [0.717, 1.165) is 34.6 Å². The maximum Gasteiger partial charge on any atom is 0.121 e. The summed E-state index contributed by atoms with van der Waals surface area (Å²) < 4.78 is 6.06. The predicted octanol–water partition coefficient (Wildman–Crippen LogP) is 6.50. The van der Waals surface area contributed by atoms with Gasteiger partial charge in [-0.25, -0.2) is 0 Å². The van der Waals surface area contributed by atoms with Crippen molar-refractivity contribution in [2.45, 2.75) is 47.5 Å². The molecule has 0 atom stereocenters. The lowest BCUT2D eigenvalue weighted by molar-refractivity contribution is 0.152. The molecule has 0 aliphatic rings. The Morgan fingerprint density at radius 1 is 1.35 bits per heavy atom. The highest BCUT2D eigenvalue weighted by molar-refractivity contribution is 8.11. The minimum atomic E-state index is 0.194. The van der Waals surface area contributed by atoms with Gasteiger partial charge in [0.1, 0.15) is 5.75 Å². The van der Waals surface area contributed by atoms with Crippen molar-refractivity contribution < 1.29 is 4.74 Å². The van der Waals surface area contributed by atoms with E-state index in [4.69, 9.17) is 11.2 Å². The summed E-state index contributed by atoms with van der Waals surface area (Å²) in [5.41, 5.74) is 2.04. The molecule has 0 aromatic heterocycles. The smallest absolute Gasteiger partial charge is 0.121 e. The van der Waals surface area contributed by atoms with Crippen LogP contribution in [-0.2, 0) is 0 Å². The standard InChI is InChI=1S/C21H28OS/c1-8-16(5)23-17(6)19-12-18(9-2)13-20(14-19)22-15-21(7,10-3)11-4/h2,8,12-14H,6,10-11,15H2,1,3-5,7H3/b16-8-. The number of ether oxygens (including phenoxy) is 1. The van der Waals surface area contributed by atoms with Crippen LogP contribution in [0.25, 0.3) is 4.91 Å². The first-order chi connectivity index (χ1) is 10.9. The van der Waals surface area contributed by atoms with E-state index in [1.165, 1.54) is 4.91 Å². The van der Waals surface area contributed by atoms with E-state index in [1.54, 1.807) is 11.8 Å². The summed E-state index contributed by atoms with van der Waals surface area (Å²) in [5, 5.41) is 0. The molecule has 0 saturated heterocycles. The molecule has 124 valence electrons. The van der Waals surface area contributed by atoms with Crippen molar-refractivity contribution in [3.8, 4) is 18.1 Å². The van der Waals surface area contributed by atoms with E-state index in [0.29, 0.717) is 6.61 Å². The fourth-order valence-electron chi connectivity index (χ4n) is 1.95. The van der Waals surface area contributed by atoms with Gasteiger partial charge in [0.15, 0.2) is 0 Å². The Bertz CT molecular complexity index is 615. The van der Waals surface area contributed by atoms with Crippen LogP contribution in [0.2, 0.25) is 0 Å². The third kappa shape index (κ3) is 5.84. The molecule has 0 N–H and O–H groups in total. The molecule has 1 aromatic carbocycles. The zero-order valence-corrected chi connectivity index (χ0v) is 15.8. The average molecular weight is 329 g/mol. The third-order valence-corrected chi connectivity index (χ3v) is 5.42. The Morgan fingerprint density at radius 3 is 2.52 bits per heavy atom. The quantitative estimate of drug-likeness (QED) is 0.504. The summed E-state index contributed by atoms with van der Waals surface area (Å²) in [6.45, 7) is 15.6. The van der Waals surface area contributed by atoms with Crippen LogP contribution in [0.15, 0.2) is 35.8 Å². The van der Waals surface area contributed by atoms with E-state index < -0.39 is 0 Å². The maximum atomic E-state index is 6.06. The second-order valence-corrected chi connectivity index (χ2v) is 7.46. The normalized spacial score (nSPS) is 11.9. The molecule has 0 radical (unpaired) electrons. The molecule has 2 heteroatoms. The number of thioether (sulfide) groups is 1. The second kappa shape index (κ2) is 8.89. The van der Waals surface area contributed by atoms with Gasteiger partial charge in [0, 0.05) is 15.9 Å². The van der Waals surface area contributed by atoms with Crippen LogP contribution < -0.4 is 4.74 Å². The topological polar surface area (TPSA) is 9.23 Å². The van der Waals surface area contributed by atoms with Gasteiger partial charge >= 0.3 is 0 Å². The van der Waals surface area contributed by atoms with Gasteiger partial charge < -0.3 is 4.74 Å². The van der Waals surface area contributed by atoms with Crippen molar-refractivity contribution in [2.75, 3.05) is 6.61 Å². The molecular formula is C21H28OS. The lowest BCUT2D eigenvalue weighted by Gasteiger charge is -2.26. The summed E-state index contributed by atoms with van der Waals surface area (Å²) in [4.78, 5) is 2.20. The summed E-state index contributed by atoms with van der Waals surface area (Å²) in [7, 11) is 0. The first kappa shape index (κ1) is 19.5. The molecule has 0 aliphatic heterocycles. The third-order valence-electron chi connectivity index (χ3n) is 4.38. The van der Waals surface area contributed by atoms with E-state index in [1.807, 2.05) is 25.1 Å². The van der Waals surface area contributed by atoms with Crippen LogP contribution in [-0.4, -0.2) is 6.61 Å². The first-order valence-electron chi connectivity index (χ1n) is 8.12. The van der Waals surface area contributed by atoms with E-state index in [2.05, 4.69) is 46.3 Å². The van der Waals surface area contributed by atoms with Crippen molar-refractivity contribution in [1.29, 1.82) is 0 Å². The predicted molar refractivity (Wildman–Crippen MR) is 105 cm³/mol. The van der Waals surface area contributed by atoms with Gasteiger partial charge in [-0.1, -0.05) is 51.1 Å². The van der Waals surface area contributed by atoms with Crippen LogP contribution >= 0.6 is 11.8 Å². The first-order valence-corrected chi connectivity index (χ1v) is 8.93. The lowest BCUT2D eigenvalue weighted by atomic mass is 9.86. The molecule has 1 nitrogen and oxygen atoms in total. The number of hydrogen-bond acceptors (Lipinski definition) is 2. The van der Waals surface area contributed by atoms with Crippen LogP contribution in [0.3, 0.4) is 0 Å². The molecule has 0 bridgehead atoms. The van der Waals surface area contributed by atoms with Gasteiger partial charge in [0.05, 0.1) is 6.61 Å². The van der Waals surface area contributed by atoms with Crippen molar-refractivity contribution in [3.63, 3.8) is 0 Å². The molecule has 0 unspecified atom stereocenters. The highest BCUT2D eigenvalue weighted by atomic mass is 32.2. The Balaban J connectivity index is 3.00.